The van der Waals surface area contributed by atoms with Crippen LogP contribution in [0.4, 0.5) is 10.1 Å². The molecule has 34 heavy (non-hydrogen) atoms. The van der Waals surface area contributed by atoms with E-state index in [1.54, 1.807) is 30.3 Å². The van der Waals surface area contributed by atoms with Crippen molar-refractivity contribution in [1.29, 1.82) is 0 Å². The predicted molar refractivity (Wildman–Crippen MR) is 127 cm³/mol. The largest absolute Gasteiger partial charge is 0.447 e. The Morgan fingerprint density at radius 2 is 1.65 bits per heavy atom. The number of nitrogens with two attached hydrogens (primary N) is 1. The van der Waals surface area contributed by atoms with Crippen LogP contribution in [0.3, 0.4) is 0 Å². The predicted octanol–water partition coefficient (Wildman–Crippen LogP) is 2.92. The van der Waals surface area contributed by atoms with E-state index in [2.05, 4.69) is 9.89 Å². The van der Waals surface area contributed by atoms with Crippen LogP contribution in [0, 0.1) is 17.7 Å². The van der Waals surface area contributed by atoms with Crippen LogP contribution < -0.4 is 10.6 Å². The molecular weight excluding hydrogens is 435 g/mol. The summed E-state index contributed by atoms with van der Waals surface area (Å²) < 4.78 is 20.3. The SMILES string of the molecule is N[C@H]1N=C(c2ccccc2F)c2ccccc2N(CC(OC=O)N2CC3CCC(CC3)C2)C1=O. The first-order valence-corrected chi connectivity index (χ1v) is 11.9. The minimum absolute atomic E-state index is 0.127. The van der Waals surface area contributed by atoms with E-state index in [-0.39, 0.29) is 12.1 Å². The van der Waals surface area contributed by atoms with Crippen LogP contribution in [0.5, 0.6) is 0 Å². The molecule has 0 radical (unpaired) electrons. The van der Waals surface area contributed by atoms with Gasteiger partial charge in [-0.25, -0.2) is 4.39 Å². The van der Waals surface area contributed by atoms with Gasteiger partial charge in [0.25, 0.3) is 12.4 Å². The van der Waals surface area contributed by atoms with Crippen LogP contribution in [-0.2, 0) is 14.3 Å². The first kappa shape index (κ1) is 22.7. The van der Waals surface area contributed by atoms with Crippen LogP contribution in [0.25, 0.3) is 0 Å². The Morgan fingerprint density at radius 3 is 2.29 bits per heavy atom. The third-order valence-electron chi connectivity index (χ3n) is 7.28. The highest BCUT2D eigenvalue weighted by molar-refractivity contribution is 6.20. The third-order valence-corrected chi connectivity index (χ3v) is 7.28. The quantitative estimate of drug-likeness (QED) is 0.664. The van der Waals surface area contributed by atoms with Crippen molar-refractivity contribution in [2.45, 2.75) is 38.1 Å². The fourth-order valence-electron chi connectivity index (χ4n) is 5.54. The molecule has 3 heterocycles. The molecule has 2 bridgehead atoms. The zero-order valence-electron chi connectivity index (χ0n) is 19.0. The smallest absolute Gasteiger partial charge is 0.294 e. The molecule has 0 spiro atoms. The molecule has 2 aromatic rings. The second-order valence-electron chi connectivity index (χ2n) is 9.40. The van der Waals surface area contributed by atoms with Crippen LogP contribution in [0.1, 0.15) is 36.8 Å². The number of halogens is 1. The molecule has 1 unspecified atom stereocenters. The van der Waals surface area contributed by atoms with E-state index >= 15 is 0 Å². The monoisotopic (exact) mass is 464 g/mol. The Labute approximate surface area is 198 Å². The number of carbonyl (C=O) groups is 2. The van der Waals surface area contributed by atoms with E-state index in [1.807, 2.05) is 12.1 Å². The molecule has 2 saturated heterocycles. The van der Waals surface area contributed by atoms with Crippen LogP contribution in [0.15, 0.2) is 53.5 Å². The molecule has 8 heteroatoms. The second-order valence-corrected chi connectivity index (χ2v) is 9.40. The summed E-state index contributed by atoms with van der Waals surface area (Å²) in [5, 5.41) is 0. The Balaban J connectivity index is 1.51. The van der Waals surface area contributed by atoms with Gasteiger partial charge in [0.15, 0.2) is 12.4 Å². The summed E-state index contributed by atoms with van der Waals surface area (Å²) in [6, 6.07) is 13.6. The minimum Gasteiger partial charge on any atom is -0.447 e. The summed E-state index contributed by atoms with van der Waals surface area (Å²) in [6.45, 7) is 2.25. The Morgan fingerprint density at radius 1 is 1.03 bits per heavy atom. The van der Waals surface area contributed by atoms with Crippen LogP contribution >= 0.6 is 0 Å². The Hall–Kier alpha value is -3.10. The van der Waals surface area contributed by atoms with Gasteiger partial charge >= 0.3 is 0 Å². The highest BCUT2D eigenvalue weighted by Crippen LogP contribution is 2.35. The number of ether oxygens (including phenoxy) is 1. The van der Waals surface area contributed by atoms with Gasteiger partial charge in [-0.3, -0.25) is 19.5 Å². The molecule has 2 aromatic carbocycles. The van der Waals surface area contributed by atoms with Crippen molar-refractivity contribution < 1.29 is 18.7 Å². The molecule has 7 nitrogen and oxygen atoms in total. The fraction of sp³-hybridized carbons (Fsp3) is 0.423. The molecular formula is C26H29FN4O3. The van der Waals surface area contributed by atoms with Gasteiger partial charge in [-0.2, -0.15) is 0 Å². The molecule has 3 fully saturated rings. The van der Waals surface area contributed by atoms with Gasteiger partial charge in [-0.15, -0.1) is 0 Å². The lowest BCUT2D eigenvalue weighted by molar-refractivity contribution is -0.144. The maximum Gasteiger partial charge on any atom is 0.294 e. The van der Waals surface area contributed by atoms with E-state index in [4.69, 9.17) is 10.5 Å². The van der Waals surface area contributed by atoms with Crippen molar-refractivity contribution in [2.24, 2.45) is 22.6 Å². The zero-order chi connectivity index (χ0) is 23.7. The summed E-state index contributed by atoms with van der Waals surface area (Å²) in [6.07, 6.45) is 2.93. The van der Waals surface area contributed by atoms with Crippen molar-refractivity contribution in [3.8, 4) is 0 Å². The molecule has 4 aliphatic rings. The molecule has 3 aliphatic heterocycles. The van der Waals surface area contributed by atoms with Gasteiger partial charge in [0, 0.05) is 24.2 Å². The second kappa shape index (κ2) is 9.64. The summed E-state index contributed by atoms with van der Waals surface area (Å²) >= 11 is 0. The molecule has 6 rings (SSSR count). The normalized spacial score (nSPS) is 25.7. The number of benzene rings is 2. The molecule has 0 aromatic heterocycles. The molecule has 1 aliphatic carbocycles. The van der Waals surface area contributed by atoms with Crippen molar-refractivity contribution in [1.82, 2.24) is 4.90 Å². The number of rotatable bonds is 6. The first-order chi connectivity index (χ1) is 16.5. The number of amides is 1. The number of aliphatic imine (C=N–C) groups is 1. The average molecular weight is 465 g/mol. The van der Waals surface area contributed by atoms with Gasteiger partial charge in [0.2, 0.25) is 0 Å². The number of nitrogens with zero attached hydrogens (tertiary/aromatic N) is 3. The van der Waals surface area contributed by atoms with Gasteiger partial charge in [0.05, 0.1) is 17.9 Å². The van der Waals surface area contributed by atoms with Crippen molar-refractivity contribution in [3.05, 3.63) is 65.5 Å². The topological polar surface area (TPSA) is 88.2 Å². The maximum absolute atomic E-state index is 14.7. The first-order valence-electron chi connectivity index (χ1n) is 11.9. The lowest BCUT2D eigenvalue weighted by Crippen LogP contribution is -2.51. The number of fused-ring (bicyclic) bond motifs is 5. The summed E-state index contributed by atoms with van der Waals surface area (Å²) in [7, 11) is 0. The lowest BCUT2D eigenvalue weighted by atomic mass is 9.84. The molecule has 2 N–H and O–H groups in total. The number of anilines is 1. The van der Waals surface area contributed by atoms with E-state index in [1.165, 1.54) is 36.6 Å². The van der Waals surface area contributed by atoms with Crippen LogP contribution in [0.2, 0.25) is 0 Å². The highest BCUT2D eigenvalue weighted by Gasteiger charge is 2.37. The minimum atomic E-state index is -1.21. The Bertz CT molecular complexity index is 1080. The van der Waals surface area contributed by atoms with Gasteiger partial charge in [-0.1, -0.05) is 30.3 Å². The van der Waals surface area contributed by atoms with E-state index in [0.29, 0.717) is 35.3 Å². The zero-order valence-corrected chi connectivity index (χ0v) is 19.0. The molecule has 2 atom stereocenters. The third kappa shape index (κ3) is 4.35. The summed E-state index contributed by atoms with van der Waals surface area (Å²) in [4.78, 5) is 33.1. The number of benzodiazepines with no additional fused rings is 1. The fourth-order valence-corrected chi connectivity index (χ4v) is 5.54. The van der Waals surface area contributed by atoms with Gasteiger partial charge < -0.3 is 15.4 Å². The van der Waals surface area contributed by atoms with E-state index in [0.717, 1.165) is 13.1 Å². The van der Waals surface area contributed by atoms with Crippen molar-refractivity contribution in [3.63, 3.8) is 0 Å². The standard InChI is InChI=1S/C26H29FN4O3/c27-21-7-3-1-5-19(21)24-20-6-2-4-8-22(20)31(26(33)25(28)29-24)15-23(34-16-32)30-13-17-9-10-18(14-30)12-11-17/h1-8,16-18,23,25H,9-15,28H2/t17?,18?,23?,25-/m0/s1. The van der Waals surface area contributed by atoms with E-state index in [9.17, 15) is 14.0 Å². The number of hydrogen-bond donors (Lipinski definition) is 1. The molecule has 1 saturated carbocycles. The molecule has 1 amide bonds. The lowest BCUT2D eigenvalue weighted by Gasteiger charge is -2.34. The average Bonchev–Trinajstić information content (AvgIpc) is 3.23. The number of para-hydroxylation sites is 1. The molecule has 178 valence electrons. The van der Waals surface area contributed by atoms with Gasteiger partial charge in [0.1, 0.15) is 5.82 Å². The van der Waals surface area contributed by atoms with E-state index < -0.39 is 24.1 Å². The Kier molecular flexibility index (Phi) is 6.43. The highest BCUT2D eigenvalue weighted by atomic mass is 19.1. The van der Waals surface area contributed by atoms with Gasteiger partial charge in [-0.05, 0) is 55.7 Å². The van der Waals surface area contributed by atoms with Crippen LogP contribution in [-0.4, -0.2) is 55.0 Å². The van der Waals surface area contributed by atoms with Crippen molar-refractivity contribution in [2.75, 3.05) is 24.5 Å². The van der Waals surface area contributed by atoms with Crippen molar-refractivity contribution >= 4 is 23.8 Å². The summed E-state index contributed by atoms with van der Waals surface area (Å²) in [5.41, 5.74) is 8.00. The maximum atomic E-state index is 14.7. The summed E-state index contributed by atoms with van der Waals surface area (Å²) in [5.74, 6) is 0.284. The number of hydrogen-bond acceptors (Lipinski definition) is 6. The number of carbonyl (C=O) groups excluding carboxylic acids is 2.